The van der Waals surface area contributed by atoms with Crippen LogP contribution in [0.15, 0.2) is 24.3 Å². The molecule has 1 atom stereocenters. The van der Waals surface area contributed by atoms with Gasteiger partial charge in [-0.1, -0.05) is 52.0 Å². The van der Waals surface area contributed by atoms with Gasteiger partial charge in [0.1, 0.15) is 0 Å². The normalized spacial score (nSPS) is 13.6. The molecule has 0 aliphatic rings. The van der Waals surface area contributed by atoms with Crippen molar-refractivity contribution in [3.63, 3.8) is 0 Å². The average molecular weight is 250 g/mol. The van der Waals surface area contributed by atoms with Crippen molar-refractivity contribution in [3.8, 4) is 0 Å². The molecule has 1 N–H and O–H groups in total. The fraction of sp³-hybridized carbons (Fsp3) is 0.625. The highest BCUT2D eigenvalue weighted by Gasteiger charge is 2.13. The van der Waals surface area contributed by atoms with E-state index in [1.54, 1.807) is 0 Å². The van der Waals surface area contributed by atoms with E-state index in [2.05, 4.69) is 52.0 Å². The van der Waals surface area contributed by atoms with Crippen LogP contribution in [0.5, 0.6) is 0 Å². The molecule has 1 rings (SSSR count). The molecular weight excluding hydrogens is 224 g/mol. The van der Waals surface area contributed by atoms with Crippen molar-refractivity contribution in [2.24, 2.45) is 0 Å². The molecule has 0 aliphatic heterocycles. The third-order valence-electron chi connectivity index (χ3n) is 2.95. The van der Waals surface area contributed by atoms with Crippen molar-refractivity contribution in [1.29, 1.82) is 0 Å². The number of hydrogen-bond donors (Lipinski definition) is 1. The van der Waals surface area contributed by atoms with Crippen molar-refractivity contribution in [2.45, 2.75) is 52.1 Å². The van der Waals surface area contributed by atoms with E-state index in [9.17, 15) is 5.11 Å². The largest absolute Gasteiger partial charge is 0.390 e. The Hall–Kier alpha value is -0.860. The molecule has 0 fully saturated rings. The Morgan fingerprint density at radius 3 is 2.28 bits per heavy atom. The summed E-state index contributed by atoms with van der Waals surface area (Å²) in [5, 5.41) is 9.83. The van der Waals surface area contributed by atoms with Gasteiger partial charge >= 0.3 is 0 Å². The summed E-state index contributed by atoms with van der Waals surface area (Å²) < 4.78 is 5.34. The first kappa shape index (κ1) is 15.2. The highest BCUT2D eigenvalue weighted by atomic mass is 16.5. The summed E-state index contributed by atoms with van der Waals surface area (Å²) in [4.78, 5) is 0. The predicted molar refractivity (Wildman–Crippen MR) is 76.0 cm³/mol. The Bertz CT molecular complexity index is 335. The first-order chi connectivity index (χ1) is 8.43. The van der Waals surface area contributed by atoms with E-state index in [0.29, 0.717) is 13.0 Å². The second kappa shape index (κ2) is 6.91. The number of aliphatic hydroxyl groups excluding tert-OH is 1. The van der Waals surface area contributed by atoms with Crippen LogP contribution in [-0.2, 0) is 16.6 Å². The molecule has 0 aromatic heterocycles. The third kappa shape index (κ3) is 5.19. The van der Waals surface area contributed by atoms with Crippen molar-refractivity contribution >= 4 is 0 Å². The van der Waals surface area contributed by atoms with Crippen LogP contribution in [0.3, 0.4) is 0 Å². The van der Waals surface area contributed by atoms with Gasteiger partial charge in [0.2, 0.25) is 0 Å². The van der Waals surface area contributed by atoms with Crippen LogP contribution in [0.25, 0.3) is 0 Å². The summed E-state index contributed by atoms with van der Waals surface area (Å²) >= 11 is 0. The molecule has 0 bridgehead atoms. The fourth-order valence-electron chi connectivity index (χ4n) is 1.84. The van der Waals surface area contributed by atoms with E-state index >= 15 is 0 Å². The quantitative estimate of drug-likeness (QED) is 0.785. The van der Waals surface area contributed by atoms with Gasteiger partial charge in [0, 0.05) is 13.0 Å². The Balaban J connectivity index is 2.48. The average Bonchev–Trinajstić information content (AvgIpc) is 2.29. The van der Waals surface area contributed by atoms with Crippen LogP contribution in [0.2, 0.25) is 0 Å². The Kier molecular flexibility index (Phi) is 5.83. The molecule has 0 saturated carbocycles. The molecule has 0 amide bonds. The van der Waals surface area contributed by atoms with E-state index in [0.717, 1.165) is 18.6 Å². The van der Waals surface area contributed by atoms with Gasteiger partial charge in [-0.2, -0.15) is 0 Å². The summed E-state index contributed by atoms with van der Waals surface area (Å²) in [5.74, 6) is 0. The zero-order valence-corrected chi connectivity index (χ0v) is 12.1. The van der Waals surface area contributed by atoms with Gasteiger partial charge in [-0.15, -0.1) is 0 Å². The predicted octanol–water partition coefficient (Wildman–Crippen LogP) is 3.31. The zero-order chi connectivity index (χ0) is 13.6. The van der Waals surface area contributed by atoms with Crippen molar-refractivity contribution in [1.82, 2.24) is 0 Å². The van der Waals surface area contributed by atoms with Crippen LogP contribution in [0, 0.1) is 0 Å². The lowest BCUT2D eigenvalue weighted by atomic mass is 9.86. The molecule has 18 heavy (non-hydrogen) atoms. The minimum atomic E-state index is -0.406. The number of ether oxygens (including phenoxy) is 1. The van der Waals surface area contributed by atoms with Crippen LogP contribution >= 0.6 is 0 Å². The lowest BCUT2D eigenvalue weighted by Gasteiger charge is -2.19. The summed E-state index contributed by atoms with van der Waals surface area (Å²) in [6.45, 7) is 9.83. The Morgan fingerprint density at radius 1 is 1.17 bits per heavy atom. The first-order valence-corrected chi connectivity index (χ1v) is 6.78. The SMILES string of the molecule is CCCOCC(O)Cc1ccc(C(C)(C)C)cc1. The monoisotopic (exact) mass is 250 g/mol. The number of aliphatic hydroxyl groups is 1. The van der Waals surface area contributed by atoms with Gasteiger partial charge in [0.25, 0.3) is 0 Å². The minimum absolute atomic E-state index is 0.182. The highest BCUT2D eigenvalue weighted by Crippen LogP contribution is 2.22. The molecule has 102 valence electrons. The first-order valence-electron chi connectivity index (χ1n) is 6.78. The smallest absolute Gasteiger partial charge is 0.0813 e. The summed E-state index contributed by atoms with van der Waals surface area (Å²) in [6, 6.07) is 8.50. The Labute approximate surface area is 111 Å². The highest BCUT2D eigenvalue weighted by molar-refractivity contribution is 5.27. The lowest BCUT2D eigenvalue weighted by molar-refractivity contribution is 0.0374. The molecule has 1 aromatic carbocycles. The van der Waals surface area contributed by atoms with Crippen molar-refractivity contribution < 1.29 is 9.84 Å². The molecule has 2 heteroatoms. The molecule has 2 nitrogen and oxygen atoms in total. The van der Waals surface area contributed by atoms with Gasteiger partial charge in [-0.3, -0.25) is 0 Å². The lowest BCUT2D eigenvalue weighted by Crippen LogP contribution is -2.18. The maximum atomic E-state index is 9.83. The molecule has 1 aromatic rings. The number of hydrogen-bond acceptors (Lipinski definition) is 2. The van der Waals surface area contributed by atoms with Crippen molar-refractivity contribution in [3.05, 3.63) is 35.4 Å². The van der Waals surface area contributed by atoms with Crippen LogP contribution in [0.1, 0.15) is 45.2 Å². The summed E-state index contributed by atoms with van der Waals surface area (Å²) in [5.41, 5.74) is 2.67. The maximum Gasteiger partial charge on any atom is 0.0813 e. The van der Waals surface area contributed by atoms with Gasteiger partial charge in [0.15, 0.2) is 0 Å². The second-order valence-electron chi connectivity index (χ2n) is 5.88. The summed E-state index contributed by atoms with van der Waals surface area (Å²) in [7, 11) is 0. The molecular formula is C16H26O2. The van der Waals surface area contributed by atoms with Gasteiger partial charge in [-0.25, -0.2) is 0 Å². The molecule has 0 aliphatic carbocycles. The Morgan fingerprint density at radius 2 is 1.78 bits per heavy atom. The maximum absolute atomic E-state index is 9.83. The standard InChI is InChI=1S/C16H26O2/c1-5-10-18-12-15(17)11-13-6-8-14(9-7-13)16(2,3)4/h6-9,15,17H,5,10-12H2,1-4H3. The van der Waals surface area contributed by atoms with E-state index in [-0.39, 0.29) is 5.41 Å². The number of rotatable bonds is 6. The molecule has 1 unspecified atom stereocenters. The zero-order valence-electron chi connectivity index (χ0n) is 12.1. The van der Waals surface area contributed by atoms with Gasteiger partial charge in [-0.05, 0) is 23.0 Å². The van der Waals surface area contributed by atoms with E-state index < -0.39 is 6.10 Å². The van der Waals surface area contributed by atoms with E-state index in [4.69, 9.17) is 4.74 Å². The molecule has 0 heterocycles. The van der Waals surface area contributed by atoms with Gasteiger partial charge in [0.05, 0.1) is 12.7 Å². The van der Waals surface area contributed by atoms with Crippen LogP contribution in [-0.4, -0.2) is 24.4 Å². The molecule has 0 spiro atoms. The number of benzene rings is 1. The third-order valence-corrected chi connectivity index (χ3v) is 2.95. The van der Waals surface area contributed by atoms with E-state index in [1.807, 2.05) is 0 Å². The van der Waals surface area contributed by atoms with Gasteiger partial charge < -0.3 is 9.84 Å². The minimum Gasteiger partial charge on any atom is -0.390 e. The van der Waals surface area contributed by atoms with Crippen molar-refractivity contribution in [2.75, 3.05) is 13.2 Å². The fourth-order valence-corrected chi connectivity index (χ4v) is 1.84. The molecule has 0 radical (unpaired) electrons. The van der Waals surface area contributed by atoms with E-state index in [1.165, 1.54) is 5.56 Å². The second-order valence-corrected chi connectivity index (χ2v) is 5.88. The summed E-state index contributed by atoms with van der Waals surface area (Å²) in [6.07, 6.45) is 1.25. The van der Waals surface area contributed by atoms with Crippen LogP contribution in [0.4, 0.5) is 0 Å². The van der Waals surface area contributed by atoms with Crippen LogP contribution < -0.4 is 0 Å². The molecule has 0 saturated heterocycles. The topological polar surface area (TPSA) is 29.5 Å².